The lowest BCUT2D eigenvalue weighted by atomic mass is 9.74. The standard InChI is InChI=1S/C10H19N/c1-7(2)10(11)6-8-3-4-9(10)5-8/h7-9H,3-6,11H2,1-2H3. The van der Waals surface area contributed by atoms with Crippen molar-refractivity contribution in [3.63, 3.8) is 0 Å². The molecule has 0 saturated heterocycles. The first kappa shape index (κ1) is 7.60. The number of nitrogens with two attached hydrogens (primary N) is 1. The third-order valence-electron chi connectivity index (χ3n) is 4.02. The van der Waals surface area contributed by atoms with E-state index in [1.165, 1.54) is 25.7 Å². The lowest BCUT2D eigenvalue weighted by Crippen LogP contribution is -2.49. The minimum absolute atomic E-state index is 0.211. The van der Waals surface area contributed by atoms with Gasteiger partial charge in [0.15, 0.2) is 0 Å². The molecule has 3 atom stereocenters. The van der Waals surface area contributed by atoms with Gasteiger partial charge in [0.2, 0.25) is 0 Å². The lowest BCUT2D eigenvalue weighted by molar-refractivity contribution is 0.199. The van der Waals surface area contributed by atoms with Gasteiger partial charge in [-0.25, -0.2) is 0 Å². The maximum atomic E-state index is 6.39. The highest BCUT2D eigenvalue weighted by Crippen LogP contribution is 2.52. The van der Waals surface area contributed by atoms with Gasteiger partial charge in [-0.05, 0) is 37.0 Å². The predicted octanol–water partition coefficient (Wildman–Crippen LogP) is 2.16. The van der Waals surface area contributed by atoms with Gasteiger partial charge in [0.25, 0.3) is 0 Å². The maximum absolute atomic E-state index is 6.39. The van der Waals surface area contributed by atoms with E-state index in [0.29, 0.717) is 5.92 Å². The summed E-state index contributed by atoms with van der Waals surface area (Å²) in [6.45, 7) is 4.56. The molecular formula is C10H19N. The highest BCUT2D eigenvalue weighted by Gasteiger charge is 2.49. The Labute approximate surface area is 69.4 Å². The van der Waals surface area contributed by atoms with Crippen molar-refractivity contribution < 1.29 is 0 Å². The molecule has 0 aliphatic heterocycles. The van der Waals surface area contributed by atoms with Crippen LogP contribution in [0.2, 0.25) is 0 Å². The van der Waals surface area contributed by atoms with E-state index < -0.39 is 0 Å². The van der Waals surface area contributed by atoms with Crippen LogP contribution < -0.4 is 5.73 Å². The largest absolute Gasteiger partial charge is 0.325 e. The molecule has 2 fully saturated rings. The fourth-order valence-electron chi connectivity index (χ4n) is 3.12. The van der Waals surface area contributed by atoms with Crippen LogP contribution in [0.5, 0.6) is 0 Å². The summed E-state index contributed by atoms with van der Waals surface area (Å²) < 4.78 is 0. The second-order valence-corrected chi connectivity index (χ2v) is 4.85. The van der Waals surface area contributed by atoms with Crippen LogP contribution in [0.15, 0.2) is 0 Å². The first-order valence-electron chi connectivity index (χ1n) is 4.92. The van der Waals surface area contributed by atoms with Crippen molar-refractivity contribution in [2.24, 2.45) is 23.5 Å². The SMILES string of the molecule is CC(C)C1(N)CC2CCC1C2. The van der Waals surface area contributed by atoms with E-state index in [1.54, 1.807) is 0 Å². The minimum Gasteiger partial charge on any atom is -0.325 e. The van der Waals surface area contributed by atoms with Crippen LogP contribution in [-0.4, -0.2) is 5.54 Å². The predicted molar refractivity (Wildman–Crippen MR) is 47.2 cm³/mol. The highest BCUT2D eigenvalue weighted by atomic mass is 14.8. The van der Waals surface area contributed by atoms with Gasteiger partial charge in [-0.3, -0.25) is 0 Å². The molecule has 11 heavy (non-hydrogen) atoms. The lowest BCUT2D eigenvalue weighted by Gasteiger charge is -2.37. The van der Waals surface area contributed by atoms with E-state index >= 15 is 0 Å². The Balaban J connectivity index is 2.16. The fraction of sp³-hybridized carbons (Fsp3) is 1.00. The molecule has 2 rings (SSSR count). The molecule has 2 saturated carbocycles. The van der Waals surface area contributed by atoms with E-state index in [0.717, 1.165) is 11.8 Å². The molecule has 2 bridgehead atoms. The molecule has 0 aromatic carbocycles. The summed E-state index contributed by atoms with van der Waals surface area (Å²) in [6, 6.07) is 0. The van der Waals surface area contributed by atoms with Crippen LogP contribution in [0.3, 0.4) is 0 Å². The van der Waals surface area contributed by atoms with E-state index in [-0.39, 0.29) is 5.54 Å². The Morgan fingerprint density at radius 3 is 2.36 bits per heavy atom. The summed E-state index contributed by atoms with van der Waals surface area (Å²) in [5.41, 5.74) is 6.60. The number of rotatable bonds is 1. The average molecular weight is 153 g/mol. The zero-order chi connectivity index (χ0) is 8.06. The highest BCUT2D eigenvalue weighted by molar-refractivity contribution is 5.05. The molecule has 0 aromatic rings. The van der Waals surface area contributed by atoms with Gasteiger partial charge in [0, 0.05) is 5.54 Å². The first-order chi connectivity index (χ1) is 5.13. The molecule has 2 aliphatic rings. The molecule has 2 aliphatic carbocycles. The van der Waals surface area contributed by atoms with E-state index in [9.17, 15) is 0 Å². The second-order valence-electron chi connectivity index (χ2n) is 4.85. The number of fused-ring (bicyclic) bond motifs is 2. The van der Waals surface area contributed by atoms with E-state index in [1.807, 2.05) is 0 Å². The van der Waals surface area contributed by atoms with Gasteiger partial charge in [0.1, 0.15) is 0 Å². The third kappa shape index (κ3) is 0.936. The van der Waals surface area contributed by atoms with Crippen molar-refractivity contribution >= 4 is 0 Å². The number of hydrogen-bond donors (Lipinski definition) is 1. The quantitative estimate of drug-likeness (QED) is 0.614. The maximum Gasteiger partial charge on any atom is 0.0208 e. The smallest absolute Gasteiger partial charge is 0.0208 e. The molecule has 3 unspecified atom stereocenters. The zero-order valence-corrected chi connectivity index (χ0v) is 7.64. The van der Waals surface area contributed by atoms with Gasteiger partial charge >= 0.3 is 0 Å². The normalized spacial score (nSPS) is 49.1. The summed E-state index contributed by atoms with van der Waals surface area (Å²) in [5, 5.41) is 0. The molecule has 1 heteroatoms. The molecule has 0 heterocycles. The van der Waals surface area contributed by atoms with Crippen LogP contribution in [0, 0.1) is 17.8 Å². The summed E-state index contributed by atoms with van der Waals surface area (Å²) >= 11 is 0. The van der Waals surface area contributed by atoms with Crippen LogP contribution in [0.25, 0.3) is 0 Å². The van der Waals surface area contributed by atoms with Crippen LogP contribution in [-0.2, 0) is 0 Å². The van der Waals surface area contributed by atoms with Crippen molar-refractivity contribution in [3.8, 4) is 0 Å². The van der Waals surface area contributed by atoms with Gasteiger partial charge in [-0.1, -0.05) is 20.3 Å². The van der Waals surface area contributed by atoms with Gasteiger partial charge in [-0.2, -0.15) is 0 Å². The molecule has 0 amide bonds. The zero-order valence-electron chi connectivity index (χ0n) is 7.64. The van der Waals surface area contributed by atoms with Gasteiger partial charge < -0.3 is 5.73 Å². The van der Waals surface area contributed by atoms with E-state index in [2.05, 4.69) is 13.8 Å². The van der Waals surface area contributed by atoms with E-state index in [4.69, 9.17) is 5.73 Å². The fourth-order valence-corrected chi connectivity index (χ4v) is 3.12. The molecule has 64 valence electrons. The Morgan fingerprint density at radius 1 is 1.36 bits per heavy atom. The van der Waals surface area contributed by atoms with Crippen LogP contribution >= 0.6 is 0 Å². The summed E-state index contributed by atoms with van der Waals surface area (Å²) in [7, 11) is 0. The molecular weight excluding hydrogens is 134 g/mol. The van der Waals surface area contributed by atoms with Gasteiger partial charge in [0.05, 0.1) is 0 Å². The molecule has 0 spiro atoms. The molecule has 0 aromatic heterocycles. The van der Waals surface area contributed by atoms with Crippen molar-refractivity contribution in [1.82, 2.24) is 0 Å². The van der Waals surface area contributed by atoms with Gasteiger partial charge in [-0.15, -0.1) is 0 Å². The molecule has 0 radical (unpaired) electrons. The molecule has 1 nitrogen and oxygen atoms in total. The number of hydrogen-bond acceptors (Lipinski definition) is 1. The Bertz CT molecular complexity index is 164. The monoisotopic (exact) mass is 153 g/mol. The molecule has 2 N–H and O–H groups in total. The third-order valence-corrected chi connectivity index (χ3v) is 4.02. The summed E-state index contributed by atoms with van der Waals surface area (Å²) in [5.74, 6) is 2.51. The van der Waals surface area contributed by atoms with Crippen molar-refractivity contribution in [2.45, 2.75) is 45.1 Å². The van der Waals surface area contributed by atoms with Crippen LogP contribution in [0.1, 0.15) is 39.5 Å². The minimum atomic E-state index is 0.211. The Hall–Kier alpha value is -0.0400. The Kier molecular flexibility index (Phi) is 1.54. The van der Waals surface area contributed by atoms with Crippen molar-refractivity contribution in [2.75, 3.05) is 0 Å². The van der Waals surface area contributed by atoms with Crippen molar-refractivity contribution in [3.05, 3.63) is 0 Å². The Morgan fingerprint density at radius 2 is 2.09 bits per heavy atom. The van der Waals surface area contributed by atoms with Crippen LogP contribution in [0.4, 0.5) is 0 Å². The summed E-state index contributed by atoms with van der Waals surface area (Å²) in [4.78, 5) is 0. The first-order valence-corrected chi connectivity index (χ1v) is 4.92. The summed E-state index contributed by atoms with van der Waals surface area (Å²) in [6.07, 6.45) is 5.58. The second kappa shape index (κ2) is 2.22. The topological polar surface area (TPSA) is 26.0 Å². The average Bonchev–Trinajstić information content (AvgIpc) is 2.45. The van der Waals surface area contributed by atoms with Crippen molar-refractivity contribution in [1.29, 1.82) is 0 Å².